The zero-order chi connectivity index (χ0) is 13.5. The number of esters is 1. The first-order valence-electron chi connectivity index (χ1n) is 6.17. The maximum Gasteiger partial charge on any atom is 0.340 e. The lowest BCUT2D eigenvalue weighted by atomic mass is 10.1. The number of ether oxygens (including phenoxy) is 2. The zero-order valence-corrected chi connectivity index (χ0v) is 11.2. The molecule has 1 atom stereocenters. The highest BCUT2D eigenvalue weighted by Crippen LogP contribution is 2.20. The number of nitrogen functional groups attached to an aromatic ring is 1. The van der Waals surface area contributed by atoms with E-state index in [1.165, 1.54) is 7.11 Å². The van der Waals surface area contributed by atoms with E-state index in [0.717, 1.165) is 18.4 Å². The molecule has 2 N–H and O–H groups in total. The first-order chi connectivity index (χ1) is 8.60. The molecular weight excluding hydrogens is 230 g/mol. The third kappa shape index (κ3) is 3.74. The average Bonchev–Trinajstić information content (AvgIpc) is 2.36. The van der Waals surface area contributed by atoms with Gasteiger partial charge >= 0.3 is 5.97 Å². The maximum atomic E-state index is 11.7. The molecule has 4 nitrogen and oxygen atoms in total. The van der Waals surface area contributed by atoms with Crippen molar-refractivity contribution in [1.82, 2.24) is 0 Å². The fraction of sp³-hybridized carbons (Fsp3) is 0.500. The fourth-order valence-corrected chi connectivity index (χ4v) is 1.81. The molecule has 0 aliphatic carbocycles. The molecule has 0 heterocycles. The van der Waals surface area contributed by atoms with Crippen LogP contribution in [0.2, 0.25) is 0 Å². The van der Waals surface area contributed by atoms with Crippen LogP contribution in [0.3, 0.4) is 0 Å². The highest BCUT2D eigenvalue weighted by molar-refractivity contribution is 5.96. The SMILES string of the molecule is CCCC(C)OCc1cccc(N)c1C(=O)OC. The van der Waals surface area contributed by atoms with E-state index in [1.54, 1.807) is 6.07 Å². The Balaban J connectivity index is 2.82. The molecule has 0 aliphatic rings. The maximum absolute atomic E-state index is 11.7. The quantitative estimate of drug-likeness (QED) is 0.623. The number of carbonyl (C=O) groups excluding carboxylic acids is 1. The lowest BCUT2D eigenvalue weighted by Gasteiger charge is -2.14. The molecule has 0 radical (unpaired) electrons. The van der Waals surface area contributed by atoms with Gasteiger partial charge in [-0.15, -0.1) is 0 Å². The second-order valence-corrected chi connectivity index (χ2v) is 4.28. The molecule has 1 rings (SSSR count). The molecule has 0 saturated carbocycles. The van der Waals surface area contributed by atoms with Crippen molar-refractivity contribution in [1.29, 1.82) is 0 Å². The van der Waals surface area contributed by atoms with Crippen molar-refractivity contribution >= 4 is 11.7 Å². The van der Waals surface area contributed by atoms with Crippen LogP contribution in [0.25, 0.3) is 0 Å². The van der Waals surface area contributed by atoms with Crippen LogP contribution >= 0.6 is 0 Å². The summed E-state index contributed by atoms with van der Waals surface area (Å²) in [5, 5.41) is 0. The Bertz CT molecular complexity index is 404. The Morgan fingerprint density at radius 2 is 2.17 bits per heavy atom. The van der Waals surface area contributed by atoms with Gasteiger partial charge in [-0.05, 0) is 25.0 Å². The molecule has 0 aromatic heterocycles. The van der Waals surface area contributed by atoms with E-state index in [1.807, 2.05) is 19.1 Å². The molecule has 18 heavy (non-hydrogen) atoms. The molecule has 0 spiro atoms. The van der Waals surface area contributed by atoms with Gasteiger partial charge in [0.1, 0.15) is 0 Å². The molecule has 4 heteroatoms. The Morgan fingerprint density at radius 1 is 1.44 bits per heavy atom. The van der Waals surface area contributed by atoms with Crippen LogP contribution in [0.15, 0.2) is 18.2 Å². The standard InChI is InChI=1S/C14H21NO3/c1-4-6-10(2)18-9-11-7-5-8-12(15)13(11)14(16)17-3/h5,7-8,10H,4,6,9,15H2,1-3H3. The van der Waals surface area contributed by atoms with E-state index in [9.17, 15) is 4.79 Å². The van der Waals surface area contributed by atoms with Gasteiger partial charge in [-0.25, -0.2) is 4.79 Å². The predicted octanol–water partition coefficient (Wildman–Crippen LogP) is 2.76. The summed E-state index contributed by atoms with van der Waals surface area (Å²) in [5.41, 5.74) is 7.40. The van der Waals surface area contributed by atoms with E-state index in [4.69, 9.17) is 15.2 Å². The van der Waals surface area contributed by atoms with E-state index < -0.39 is 5.97 Å². The highest BCUT2D eigenvalue weighted by Gasteiger charge is 2.15. The van der Waals surface area contributed by atoms with Crippen LogP contribution in [-0.4, -0.2) is 19.2 Å². The molecule has 0 bridgehead atoms. The summed E-state index contributed by atoms with van der Waals surface area (Å²) in [4.78, 5) is 11.7. The second kappa shape index (κ2) is 7.01. The summed E-state index contributed by atoms with van der Waals surface area (Å²) < 4.78 is 10.4. The minimum Gasteiger partial charge on any atom is -0.465 e. The first kappa shape index (κ1) is 14.5. The van der Waals surface area contributed by atoms with Crippen molar-refractivity contribution < 1.29 is 14.3 Å². The van der Waals surface area contributed by atoms with Crippen molar-refractivity contribution in [2.24, 2.45) is 0 Å². The monoisotopic (exact) mass is 251 g/mol. The molecule has 0 aliphatic heterocycles. The highest BCUT2D eigenvalue weighted by atomic mass is 16.5. The van der Waals surface area contributed by atoms with Crippen molar-refractivity contribution in [3.8, 4) is 0 Å². The Morgan fingerprint density at radius 3 is 2.78 bits per heavy atom. The van der Waals surface area contributed by atoms with Gasteiger partial charge in [0.05, 0.1) is 25.4 Å². The number of hydrogen-bond donors (Lipinski definition) is 1. The van der Waals surface area contributed by atoms with E-state index in [-0.39, 0.29) is 6.10 Å². The summed E-state index contributed by atoms with van der Waals surface area (Å²) in [6.07, 6.45) is 2.24. The number of anilines is 1. The van der Waals surface area contributed by atoms with Gasteiger partial charge in [-0.1, -0.05) is 25.5 Å². The van der Waals surface area contributed by atoms with Crippen LogP contribution in [0, 0.1) is 0 Å². The molecule has 0 fully saturated rings. The topological polar surface area (TPSA) is 61.5 Å². The second-order valence-electron chi connectivity index (χ2n) is 4.28. The summed E-state index contributed by atoms with van der Waals surface area (Å²) in [5.74, 6) is -0.421. The van der Waals surface area contributed by atoms with Gasteiger partial charge in [-0.2, -0.15) is 0 Å². The number of carbonyl (C=O) groups is 1. The van der Waals surface area contributed by atoms with Gasteiger partial charge in [0, 0.05) is 5.69 Å². The minimum absolute atomic E-state index is 0.168. The number of methoxy groups -OCH3 is 1. The molecule has 1 aromatic rings. The van der Waals surface area contributed by atoms with Crippen LogP contribution in [0.4, 0.5) is 5.69 Å². The van der Waals surface area contributed by atoms with Crippen molar-refractivity contribution in [2.45, 2.75) is 39.4 Å². The molecule has 1 unspecified atom stereocenters. The average molecular weight is 251 g/mol. The van der Waals surface area contributed by atoms with Crippen LogP contribution in [-0.2, 0) is 16.1 Å². The third-order valence-electron chi connectivity index (χ3n) is 2.79. The molecular formula is C14H21NO3. The summed E-state index contributed by atoms with van der Waals surface area (Å²) >= 11 is 0. The third-order valence-corrected chi connectivity index (χ3v) is 2.79. The first-order valence-corrected chi connectivity index (χ1v) is 6.17. The van der Waals surface area contributed by atoms with Gasteiger partial charge in [-0.3, -0.25) is 0 Å². The summed E-state index contributed by atoms with van der Waals surface area (Å²) in [6, 6.07) is 5.33. The van der Waals surface area contributed by atoms with Gasteiger partial charge < -0.3 is 15.2 Å². The molecule has 1 aromatic carbocycles. The van der Waals surface area contributed by atoms with Crippen LogP contribution in [0.5, 0.6) is 0 Å². The molecule has 0 amide bonds. The van der Waals surface area contributed by atoms with Crippen molar-refractivity contribution in [3.63, 3.8) is 0 Å². The zero-order valence-electron chi connectivity index (χ0n) is 11.2. The number of hydrogen-bond acceptors (Lipinski definition) is 4. The Labute approximate surface area is 108 Å². The lowest BCUT2D eigenvalue weighted by Crippen LogP contribution is -2.13. The van der Waals surface area contributed by atoms with Crippen LogP contribution in [0.1, 0.15) is 42.6 Å². The van der Waals surface area contributed by atoms with E-state index in [2.05, 4.69) is 6.92 Å². The van der Waals surface area contributed by atoms with E-state index in [0.29, 0.717) is 17.9 Å². The number of benzene rings is 1. The summed E-state index contributed by atoms with van der Waals surface area (Å²) in [7, 11) is 1.35. The molecule has 100 valence electrons. The number of rotatable bonds is 6. The predicted molar refractivity (Wildman–Crippen MR) is 71.4 cm³/mol. The lowest BCUT2D eigenvalue weighted by molar-refractivity contribution is 0.0444. The molecule has 0 saturated heterocycles. The Hall–Kier alpha value is -1.55. The van der Waals surface area contributed by atoms with Crippen molar-refractivity contribution in [3.05, 3.63) is 29.3 Å². The van der Waals surface area contributed by atoms with Crippen LogP contribution < -0.4 is 5.73 Å². The smallest absolute Gasteiger partial charge is 0.340 e. The van der Waals surface area contributed by atoms with E-state index >= 15 is 0 Å². The summed E-state index contributed by atoms with van der Waals surface area (Å²) in [6.45, 7) is 4.50. The largest absolute Gasteiger partial charge is 0.465 e. The van der Waals surface area contributed by atoms with Gasteiger partial charge in [0.15, 0.2) is 0 Å². The fourth-order valence-electron chi connectivity index (χ4n) is 1.81. The number of nitrogens with two attached hydrogens (primary N) is 1. The van der Waals surface area contributed by atoms with Gasteiger partial charge in [0.2, 0.25) is 0 Å². The normalized spacial score (nSPS) is 12.2. The van der Waals surface area contributed by atoms with Crippen molar-refractivity contribution in [2.75, 3.05) is 12.8 Å². The van der Waals surface area contributed by atoms with Gasteiger partial charge in [0.25, 0.3) is 0 Å². The minimum atomic E-state index is -0.421. The Kier molecular flexibility index (Phi) is 5.65.